The molecular weight excluding hydrogens is 168 g/mol. The van der Waals surface area contributed by atoms with Crippen LogP contribution in [0, 0.1) is 38.5 Å². The van der Waals surface area contributed by atoms with Gasteiger partial charge in [-0.3, -0.25) is 0 Å². The van der Waals surface area contributed by atoms with Gasteiger partial charge in [0.25, 0.3) is 0 Å². The molecule has 0 saturated heterocycles. The Balaban J connectivity index is 1.88. The molecule has 0 aromatic heterocycles. The molecule has 0 atom stereocenters. The molecule has 0 unspecified atom stereocenters. The zero-order valence-corrected chi connectivity index (χ0v) is 8.53. The topological polar surface area (TPSA) is 0 Å². The Kier molecular flexibility index (Phi) is 3.23. The van der Waals surface area contributed by atoms with E-state index in [1.54, 1.807) is 0 Å². The minimum absolute atomic E-state index is 1.15. The van der Waals surface area contributed by atoms with Gasteiger partial charge in [-0.1, -0.05) is 24.3 Å². The van der Waals surface area contributed by atoms with Crippen molar-refractivity contribution in [3.63, 3.8) is 0 Å². The van der Waals surface area contributed by atoms with Crippen LogP contribution in [0.2, 0.25) is 0 Å². The van der Waals surface area contributed by atoms with Gasteiger partial charge in [0.15, 0.2) is 0 Å². The molecule has 1 aliphatic rings. The second-order valence-corrected chi connectivity index (χ2v) is 3.72. The lowest BCUT2D eigenvalue weighted by atomic mass is 9.96. The first kappa shape index (κ1) is 9.76. The van der Waals surface area contributed by atoms with Crippen molar-refractivity contribution in [1.29, 1.82) is 0 Å². The number of rotatable bonds is 3. The van der Waals surface area contributed by atoms with E-state index in [2.05, 4.69) is 56.9 Å². The molecule has 1 fully saturated rings. The van der Waals surface area contributed by atoms with Crippen LogP contribution >= 0.6 is 0 Å². The summed E-state index contributed by atoms with van der Waals surface area (Å²) in [4.78, 5) is 0. The van der Waals surface area contributed by atoms with Crippen molar-refractivity contribution in [2.45, 2.75) is 19.8 Å². The fraction of sp³-hybridized carbons (Fsp3) is 0.214. The van der Waals surface area contributed by atoms with Crippen molar-refractivity contribution in [2.24, 2.45) is 0 Å². The largest absolute Gasteiger partial charge is 0.0620 e. The molecule has 2 rings (SSSR count). The van der Waals surface area contributed by atoms with Crippen molar-refractivity contribution in [1.82, 2.24) is 0 Å². The van der Waals surface area contributed by atoms with Crippen LogP contribution in [0.1, 0.15) is 17.5 Å². The number of hydrogen-bond acceptors (Lipinski definition) is 0. The van der Waals surface area contributed by atoms with Gasteiger partial charge in [0.1, 0.15) is 0 Å². The number of aryl methyl sites for hydroxylation is 2. The summed E-state index contributed by atoms with van der Waals surface area (Å²) in [5, 5.41) is 0. The summed E-state index contributed by atoms with van der Waals surface area (Å²) in [6.07, 6.45) is 10.9. The van der Waals surface area contributed by atoms with E-state index in [1.807, 2.05) is 0 Å². The monoisotopic (exact) mass is 183 g/mol. The molecule has 0 bridgehead atoms. The Labute approximate surface area is 87.3 Å². The lowest BCUT2D eigenvalue weighted by Gasteiger charge is -2.09. The Morgan fingerprint density at radius 2 is 1.64 bits per heavy atom. The Hall–Kier alpha value is -0.780. The Bertz CT molecular complexity index is 282. The predicted molar refractivity (Wildman–Crippen MR) is 59.9 cm³/mol. The van der Waals surface area contributed by atoms with Crippen LogP contribution < -0.4 is 0 Å². The van der Waals surface area contributed by atoms with Gasteiger partial charge in [-0.05, 0) is 62.5 Å². The van der Waals surface area contributed by atoms with Gasteiger partial charge in [0.05, 0.1) is 0 Å². The molecular formula is C14H15. The summed E-state index contributed by atoms with van der Waals surface area (Å²) in [5.74, 6) is 1.44. The first-order valence-electron chi connectivity index (χ1n) is 5.11. The summed E-state index contributed by atoms with van der Waals surface area (Å²) >= 11 is 0. The van der Waals surface area contributed by atoms with Gasteiger partial charge in [0, 0.05) is 0 Å². The second-order valence-electron chi connectivity index (χ2n) is 3.72. The lowest BCUT2D eigenvalue weighted by Crippen LogP contribution is -1.96. The van der Waals surface area contributed by atoms with E-state index in [0.29, 0.717) is 0 Å². The first-order valence-corrected chi connectivity index (χ1v) is 5.11. The smallest absolute Gasteiger partial charge is 0.0164 e. The highest BCUT2D eigenvalue weighted by Crippen LogP contribution is 2.27. The molecule has 0 spiro atoms. The maximum atomic E-state index is 2.22. The maximum Gasteiger partial charge on any atom is -0.0164 e. The van der Waals surface area contributed by atoms with Gasteiger partial charge in [-0.15, -0.1) is 0 Å². The summed E-state index contributed by atoms with van der Waals surface area (Å²) in [7, 11) is 0. The molecule has 1 saturated carbocycles. The van der Waals surface area contributed by atoms with E-state index in [9.17, 15) is 0 Å². The zero-order valence-electron chi connectivity index (χ0n) is 8.53. The molecule has 0 heteroatoms. The fourth-order valence-electron chi connectivity index (χ4n) is 1.75. The minimum atomic E-state index is 1.15. The molecule has 1 aliphatic carbocycles. The molecule has 0 aliphatic heterocycles. The van der Waals surface area contributed by atoms with Gasteiger partial charge in [0.2, 0.25) is 0 Å². The van der Waals surface area contributed by atoms with Crippen LogP contribution in [-0.4, -0.2) is 0 Å². The second kappa shape index (κ2) is 4.63. The van der Waals surface area contributed by atoms with Crippen LogP contribution in [0.3, 0.4) is 0 Å². The number of benzene rings is 1. The fourth-order valence-corrected chi connectivity index (χ4v) is 1.75. The van der Waals surface area contributed by atoms with E-state index in [0.717, 1.165) is 12.8 Å². The molecule has 0 N–H and O–H groups in total. The normalized spacial score (nSPS) is 17.5. The summed E-state index contributed by atoms with van der Waals surface area (Å²) in [6.45, 7) is 2.18. The predicted octanol–water partition coefficient (Wildman–Crippen LogP) is 3.33. The van der Waals surface area contributed by atoms with Crippen LogP contribution in [-0.2, 0) is 6.42 Å². The average Bonchev–Trinajstić information content (AvgIpc) is 2.69. The van der Waals surface area contributed by atoms with Crippen LogP contribution in [0.4, 0.5) is 0 Å². The van der Waals surface area contributed by atoms with Crippen LogP contribution in [0.15, 0.2) is 24.3 Å². The molecule has 5 radical (unpaired) electrons. The van der Waals surface area contributed by atoms with Gasteiger partial charge < -0.3 is 0 Å². The molecule has 1 aromatic carbocycles. The number of hydrogen-bond donors (Lipinski definition) is 0. The van der Waals surface area contributed by atoms with Crippen LogP contribution in [0.5, 0.6) is 0 Å². The molecule has 0 heterocycles. The third kappa shape index (κ3) is 2.37. The quantitative estimate of drug-likeness (QED) is 0.674. The summed E-state index contributed by atoms with van der Waals surface area (Å²) in [6, 6.07) is 8.62. The van der Waals surface area contributed by atoms with Crippen molar-refractivity contribution in [3.05, 3.63) is 67.0 Å². The van der Waals surface area contributed by atoms with E-state index in [4.69, 9.17) is 0 Å². The van der Waals surface area contributed by atoms with E-state index >= 15 is 0 Å². The Morgan fingerprint density at radius 3 is 2.36 bits per heavy atom. The first-order chi connectivity index (χ1) is 6.86. The van der Waals surface area contributed by atoms with Crippen molar-refractivity contribution in [2.75, 3.05) is 0 Å². The van der Waals surface area contributed by atoms with Crippen LogP contribution in [0.25, 0.3) is 0 Å². The van der Waals surface area contributed by atoms with E-state index < -0.39 is 0 Å². The van der Waals surface area contributed by atoms with Gasteiger partial charge >= 0.3 is 0 Å². The molecule has 14 heavy (non-hydrogen) atoms. The highest BCUT2D eigenvalue weighted by atomic mass is 14.2. The van der Waals surface area contributed by atoms with E-state index in [1.165, 1.54) is 17.0 Å². The Morgan fingerprint density at radius 1 is 0.929 bits per heavy atom. The van der Waals surface area contributed by atoms with Gasteiger partial charge in [-0.25, -0.2) is 0 Å². The van der Waals surface area contributed by atoms with Gasteiger partial charge in [-0.2, -0.15) is 0 Å². The minimum Gasteiger partial charge on any atom is -0.0620 e. The molecule has 0 amide bonds. The molecule has 1 aromatic rings. The third-order valence-electron chi connectivity index (χ3n) is 2.68. The standard InChI is InChI=1S/C14H15/c1-12-6-2-5-9-14(12)11-10-13-7-3-4-8-13/h2-9H,10-11H2,1H3. The van der Waals surface area contributed by atoms with Crippen molar-refractivity contribution >= 4 is 0 Å². The van der Waals surface area contributed by atoms with Crippen molar-refractivity contribution < 1.29 is 0 Å². The molecule has 0 nitrogen and oxygen atoms in total. The lowest BCUT2D eigenvalue weighted by molar-refractivity contribution is 0.876. The third-order valence-corrected chi connectivity index (χ3v) is 2.68. The summed E-state index contributed by atoms with van der Waals surface area (Å²) in [5.41, 5.74) is 2.87. The maximum absolute atomic E-state index is 2.22. The highest BCUT2D eigenvalue weighted by Gasteiger charge is 2.16. The van der Waals surface area contributed by atoms with Crippen molar-refractivity contribution in [3.8, 4) is 0 Å². The SMILES string of the molecule is Cc1ccccc1CC[C]1[CH][CH][CH][CH]1. The summed E-state index contributed by atoms with van der Waals surface area (Å²) < 4.78 is 0. The highest BCUT2D eigenvalue weighted by molar-refractivity contribution is 5.36. The van der Waals surface area contributed by atoms with E-state index in [-0.39, 0.29) is 0 Å². The zero-order chi connectivity index (χ0) is 9.80. The molecule has 71 valence electrons. The average molecular weight is 183 g/mol.